The number of hydrogen-bond donors (Lipinski definition) is 2. The Kier molecular flexibility index (Phi) is 4.38. The van der Waals surface area contributed by atoms with E-state index in [0.29, 0.717) is 18.7 Å². The highest BCUT2D eigenvalue weighted by Gasteiger charge is 2.18. The number of nitrogen functional groups attached to an aromatic ring is 1. The summed E-state index contributed by atoms with van der Waals surface area (Å²) in [6.07, 6.45) is 0.708. The first-order chi connectivity index (χ1) is 8.76. The summed E-state index contributed by atoms with van der Waals surface area (Å²) in [5.41, 5.74) is 6.85. The molecule has 0 saturated heterocycles. The second-order valence-electron chi connectivity index (χ2n) is 5.25. The average molecular weight is 261 g/mol. The average Bonchev–Trinajstić information content (AvgIpc) is 2.36. The lowest BCUT2D eigenvalue weighted by molar-refractivity contribution is 0.0697. The number of nitrogens with two attached hydrogens (primary N) is 1. The quantitative estimate of drug-likeness (QED) is 0.794. The lowest BCUT2D eigenvalue weighted by atomic mass is 9.91. The first-order valence-electron chi connectivity index (χ1n) is 6.02. The molecule has 1 aromatic carbocycles. The van der Waals surface area contributed by atoms with E-state index in [2.05, 4.69) is 6.07 Å². The van der Waals surface area contributed by atoms with Crippen molar-refractivity contribution in [2.75, 3.05) is 24.2 Å². The van der Waals surface area contributed by atoms with Crippen LogP contribution in [0.1, 0.15) is 30.6 Å². The lowest BCUT2D eigenvalue weighted by Gasteiger charge is -2.24. The molecule has 102 valence electrons. The van der Waals surface area contributed by atoms with Gasteiger partial charge in [0.1, 0.15) is 0 Å². The second kappa shape index (κ2) is 5.61. The molecule has 0 aliphatic rings. The Balaban J connectivity index is 2.81. The number of aromatic carboxylic acids is 1. The number of rotatable bonds is 5. The van der Waals surface area contributed by atoms with Crippen LogP contribution in [-0.4, -0.2) is 24.7 Å². The molecule has 3 N–H and O–H groups in total. The molecule has 0 spiro atoms. The summed E-state index contributed by atoms with van der Waals surface area (Å²) in [5.74, 6) is -0.994. The van der Waals surface area contributed by atoms with Crippen LogP contribution in [0.2, 0.25) is 0 Å². The van der Waals surface area contributed by atoms with Crippen molar-refractivity contribution in [1.29, 1.82) is 5.26 Å². The fraction of sp³-hybridized carbons (Fsp3) is 0.429. The molecule has 0 aliphatic heterocycles. The number of benzene rings is 1. The largest absolute Gasteiger partial charge is 0.478 e. The Hall–Kier alpha value is -2.22. The van der Waals surface area contributed by atoms with E-state index < -0.39 is 5.97 Å². The van der Waals surface area contributed by atoms with Crippen molar-refractivity contribution in [3.05, 3.63) is 23.8 Å². The lowest BCUT2D eigenvalue weighted by Crippen LogP contribution is -2.24. The van der Waals surface area contributed by atoms with Crippen LogP contribution in [0.15, 0.2) is 18.2 Å². The Morgan fingerprint density at radius 2 is 2.16 bits per heavy atom. The van der Waals surface area contributed by atoms with E-state index in [0.717, 1.165) is 5.69 Å². The third kappa shape index (κ3) is 3.88. The molecule has 5 heteroatoms. The van der Waals surface area contributed by atoms with Crippen molar-refractivity contribution in [2.45, 2.75) is 20.3 Å². The van der Waals surface area contributed by atoms with Gasteiger partial charge in [-0.2, -0.15) is 5.26 Å². The summed E-state index contributed by atoms with van der Waals surface area (Å²) < 4.78 is 0. The normalized spacial score (nSPS) is 10.8. The highest BCUT2D eigenvalue weighted by molar-refractivity contribution is 5.90. The van der Waals surface area contributed by atoms with Crippen LogP contribution in [-0.2, 0) is 0 Å². The molecule has 19 heavy (non-hydrogen) atoms. The number of carboxylic acid groups (broad SMARTS) is 1. The molecular weight excluding hydrogens is 242 g/mol. The van der Waals surface area contributed by atoms with Gasteiger partial charge in [-0.1, -0.05) is 0 Å². The third-order valence-electron chi connectivity index (χ3n) is 3.06. The van der Waals surface area contributed by atoms with E-state index in [1.54, 1.807) is 6.07 Å². The monoisotopic (exact) mass is 261 g/mol. The van der Waals surface area contributed by atoms with E-state index in [4.69, 9.17) is 16.1 Å². The maximum absolute atomic E-state index is 10.8. The molecule has 0 saturated carbocycles. The number of anilines is 2. The Morgan fingerprint density at radius 1 is 1.53 bits per heavy atom. The van der Waals surface area contributed by atoms with Gasteiger partial charge in [-0.15, -0.1) is 0 Å². The molecule has 0 fully saturated rings. The SMILES string of the molecule is CN(CCC(C)(C)C#N)c1ccc(C(=O)O)cc1N. The topological polar surface area (TPSA) is 90.3 Å². The molecule has 5 nitrogen and oxygen atoms in total. The van der Waals surface area contributed by atoms with Crippen molar-refractivity contribution >= 4 is 17.3 Å². The summed E-state index contributed by atoms with van der Waals surface area (Å²) in [4.78, 5) is 12.8. The summed E-state index contributed by atoms with van der Waals surface area (Å²) >= 11 is 0. The number of hydrogen-bond acceptors (Lipinski definition) is 4. The van der Waals surface area contributed by atoms with Crippen LogP contribution in [0.3, 0.4) is 0 Å². The molecule has 0 unspecified atom stereocenters. The zero-order valence-corrected chi connectivity index (χ0v) is 11.5. The molecule has 0 atom stereocenters. The minimum Gasteiger partial charge on any atom is -0.478 e. The molecule has 0 aliphatic carbocycles. The molecule has 0 aromatic heterocycles. The smallest absolute Gasteiger partial charge is 0.335 e. The molecule has 1 aromatic rings. The zero-order chi connectivity index (χ0) is 14.6. The molecule has 0 heterocycles. The minimum absolute atomic E-state index is 0.173. The Labute approximate surface area is 113 Å². The van der Waals surface area contributed by atoms with Gasteiger partial charge in [-0.05, 0) is 38.5 Å². The molecule has 0 radical (unpaired) electrons. The summed E-state index contributed by atoms with van der Waals surface area (Å²) in [7, 11) is 1.87. The highest BCUT2D eigenvalue weighted by Crippen LogP contribution is 2.26. The van der Waals surface area contributed by atoms with E-state index >= 15 is 0 Å². The van der Waals surface area contributed by atoms with Gasteiger partial charge in [0, 0.05) is 13.6 Å². The fourth-order valence-corrected chi connectivity index (χ4v) is 1.66. The summed E-state index contributed by atoms with van der Waals surface area (Å²) in [6.45, 7) is 4.45. The van der Waals surface area contributed by atoms with Crippen LogP contribution in [0.25, 0.3) is 0 Å². The van der Waals surface area contributed by atoms with Crippen molar-refractivity contribution in [1.82, 2.24) is 0 Å². The minimum atomic E-state index is -0.994. The van der Waals surface area contributed by atoms with Crippen molar-refractivity contribution in [3.8, 4) is 6.07 Å². The van der Waals surface area contributed by atoms with Gasteiger partial charge < -0.3 is 15.7 Å². The van der Waals surface area contributed by atoms with Gasteiger partial charge in [0.15, 0.2) is 0 Å². The van der Waals surface area contributed by atoms with E-state index in [-0.39, 0.29) is 11.0 Å². The maximum atomic E-state index is 10.8. The predicted octanol–water partition coefficient (Wildman–Crippen LogP) is 2.34. The summed E-state index contributed by atoms with van der Waals surface area (Å²) in [6, 6.07) is 6.92. The zero-order valence-electron chi connectivity index (χ0n) is 11.5. The number of nitrogens with zero attached hydrogens (tertiary/aromatic N) is 2. The molecular formula is C14H19N3O2. The third-order valence-corrected chi connectivity index (χ3v) is 3.06. The first kappa shape index (κ1) is 14.8. The number of nitriles is 1. The van der Waals surface area contributed by atoms with E-state index in [1.165, 1.54) is 12.1 Å². The molecule has 0 amide bonds. The van der Waals surface area contributed by atoms with Crippen LogP contribution < -0.4 is 10.6 Å². The van der Waals surface area contributed by atoms with Crippen LogP contribution in [0.4, 0.5) is 11.4 Å². The van der Waals surface area contributed by atoms with E-state index in [9.17, 15) is 4.79 Å². The molecule has 0 bridgehead atoms. The number of carboxylic acids is 1. The molecule has 1 rings (SSSR count). The Bertz CT molecular complexity index is 518. The van der Waals surface area contributed by atoms with Gasteiger partial charge in [0.2, 0.25) is 0 Å². The van der Waals surface area contributed by atoms with Crippen LogP contribution in [0.5, 0.6) is 0 Å². The van der Waals surface area contributed by atoms with Gasteiger partial charge in [-0.25, -0.2) is 4.79 Å². The van der Waals surface area contributed by atoms with Gasteiger partial charge in [-0.3, -0.25) is 0 Å². The van der Waals surface area contributed by atoms with Gasteiger partial charge in [0.05, 0.1) is 28.4 Å². The Morgan fingerprint density at radius 3 is 2.63 bits per heavy atom. The van der Waals surface area contributed by atoms with Crippen molar-refractivity contribution < 1.29 is 9.90 Å². The fourth-order valence-electron chi connectivity index (χ4n) is 1.66. The summed E-state index contributed by atoms with van der Waals surface area (Å²) in [5, 5.41) is 17.8. The van der Waals surface area contributed by atoms with E-state index in [1.807, 2.05) is 25.8 Å². The van der Waals surface area contributed by atoms with Crippen molar-refractivity contribution in [3.63, 3.8) is 0 Å². The predicted molar refractivity (Wildman–Crippen MR) is 75.1 cm³/mol. The maximum Gasteiger partial charge on any atom is 0.335 e. The highest BCUT2D eigenvalue weighted by atomic mass is 16.4. The van der Waals surface area contributed by atoms with Gasteiger partial charge in [0.25, 0.3) is 0 Å². The standard InChI is InChI=1S/C14H19N3O2/c1-14(2,9-15)6-7-17(3)12-5-4-10(13(18)19)8-11(12)16/h4-5,8H,6-7,16H2,1-3H3,(H,18,19). The van der Waals surface area contributed by atoms with Gasteiger partial charge >= 0.3 is 5.97 Å². The van der Waals surface area contributed by atoms with Crippen molar-refractivity contribution in [2.24, 2.45) is 5.41 Å². The number of carbonyl (C=O) groups is 1. The van der Waals surface area contributed by atoms with Crippen LogP contribution in [0, 0.1) is 16.7 Å². The first-order valence-corrected chi connectivity index (χ1v) is 6.02. The van der Waals surface area contributed by atoms with Crippen LogP contribution >= 0.6 is 0 Å². The second-order valence-corrected chi connectivity index (χ2v) is 5.25.